The Morgan fingerprint density at radius 1 is 1.41 bits per heavy atom. The van der Waals surface area contributed by atoms with Crippen molar-refractivity contribution in [3.8, 4) is 0 Å². The predicted molar refractivity (Wildman–Crippen MR) is 75.3 cm³/mol. The molecule has 0 aromatic carbocycles. The van der Waals surface area contributed by atoms with E-state index >= 15 is 0 Å². The van der Waals surface area contributed by atoms with E-state index in [4.69, 9.17) is 0 Å². The average Bonchev–Trinajstić information content (AvgIpc) is 2.35. The smallest absolute Gasteiger partial charge is 0.266 e. The molecule has 0 radical (unpaired) electrons. The fourth-order valence-electron chi connectivity index (χ4n) is 1.99. The van der Waals surface area contributed by atoms with Crippen LogP contribution in [-0.2, 0) is 6.54 Å². The molecule has 5 nitrogen and oxygen atoms in total. The molecule has 17 heavy (non-hydrogen) atoms. The van der Waals surface area contributed by atoms with E-state index in [1.54, 1.807) is 10.8 Å². The quantitative estimate of drug-likeness (QED) is 0.785. The van der Waals surface area contributed by atoms with E-state index in [0.29, 0.717) is 3.57 Å². The first-order valence-electron chi connectivity index (χ1n) is 5.83. The highest BCUT2D eigenvalue weighted by Gasteiger charge is 2.11. The first kappa shape index (κ1) is 13.0. The van der Waals surface area contributed by atoms with Gasteiger partial charge in [-0.05, 0) is 29.5 Å². The van der Waals surface area contributed by atoms with Gasteiger partial charge in [0, 0.05) is 45.5 Å². The second-order valence-electron chi connectivity index (χ2n) is 4.20. The lowest BCUT2D eigenvalue weighted by molar-refractivity contribution is 0.230. The van der Waals surface area contributed by atoms with Gasteiger partial charge in [-0.3, -0.25) is 14.3 Å². The minimum atomic E-state index is 0.0771. The van der Waals surface area contributed by atoms with Crippen LogP contribution in [0.4, 0.5) is 0 Å². The van der Waals surface area contributed by atoms with Crippen molar-refractivity contribution < 1.29 is 0 Å². The minimum absolute atomic E-state index is 0.0771. The fourth-order valence-corrected chi connectivity index (χ4v) is 2.42. The number of aromatic nitrogens is 2. The molecule has 1 fully saturated rings. The van der Waals surface area contributed by atoms with Gasteiger partial charge in [0.05, 0.1) is 3.57 Å². The Labute approximate surface area is 114 Å². The molecule has 0 aliphatic carbocycles. The summed E-state index contributed by atoms with van der Waals surface area (Å²) in [5.41, 5.74) is 0.0771. The summed E-state index contributed by atoms with van der Waals surface area (Å²) in [7, 11) is 0. The third-order valence-corrected chi connectivity index (χ3v) is 3.79. The lowest BCUT2D eigenvalue weighted by Gasteiger charge is -2.27. The number of halogens is 1. The molecule has 1 aromatic heterocycles. The first-order valence-corrected chi connectivity index (χ1v) is 6.91. The van der Waals surface area contributed by atoms with Gasteiger partial charge in [0.1, 0.15) is 5.82 Å². The highest BCUT2D eigenvalue weighted by Crippen LogP contribution is 1.99. The SMILES string of the molecule is Cc1ncc(I)c(=O)n1CCN1CCNCC1. The molecule has 0 atom stereocenters. The number of hydrogen-bond acceptors (Lipinski definition) is 4. The van der Waals surface area contributed by atoms with Gasteiger partial charge >= 0.3 is 0 Å². The molecule has 0 bridgehead atoms. The fraction of sp³-hybridized carbons (Fsp3) is 0.636. The Kier molecular flexibility index (Phi) is 4.52. The van der Waals surface area contributed by atoms with Crippen molar-refractivity contribution >= 4 is 22.6 Å². The molecule has 94 valence electrons. The number of aryl methyl sites for hydroxylation is 1. The van der Waals surface area contributed by atoms with Gasteiger partial charge in [-0.2, -0.15) is 0 Å². The number of nitrogens with zero attached hydrogens (tertiary/aromatic N) is 3. The highest BCUT2D eigenvalue weighted by atomic mass is 127. The van der Waals surface area contributed by atoms with Crippen molar-refractivity contribution in [3.05, 3.63) is 25.9 Å². The van der Waals surface area contributed by atoms with Crippen molar-refractivity contribution in [1.82, 2.24) is 19.8 Å². The van der Waals surface area contributed by atoms with Crippen LogP contribution in [0.2, 0.25) is 0 Å². The van der Waals surface area contributed by atoms with Crippen molar-refractivity contribution in [2.75, 3.05) is 32.7 Å². The normalized spacial score (nSPS) is 17.3. The lowest BCUT2D eigenvalue weighted by atomic mass is 10.3. The summed E-state index contributed by atoms with van der Waals surface area (Å²) in [5, 5.41) is 3.32. The zero-order valence-electron chi connectivity index (χ0n) is 9.95. The van der Waals surface area contributed by atoms with Crippen LogP contribution in [0.3, 0.4) is 0 Å². The van der Waals surface area contributed by atoms with Crippen LogP contribution >= 0.6 is 22.6 Å². The van der Waals surface area contributed by atoms with Crippen LogP contribution < -0.4 is 10.9 Å². The summed E-state index contributed by atoms with van der Waals surface area (Å²) in [6.07, 6.45) is 1.64. The van der Waals surface area contributed by atoms with Gasteiger partial charge in [0.2, 0.25) is 0 Å². The Balaban J connectivity index is 2.03. The molecule has 0 spiro atoms. The van der Waals surface area contributed by atoms with Crippen LogP contribution in [-0.4, -0.2) is 47.2 Å². The average molecular weight is 348 g/mol. The number of rotatable bonds is 3. The summed E-state index contributed by atoms with van der Waals surface area (Å²) in [4.78, 5) is 18.6. The Hall–Kier alpha value is -0.470. The van der Waals surface area contributed by atoms with E-state index in [1.165, 1.54) is 0 Å². The summed E-state index contributed by atoms with van der Waals surface area (Å²) >= 11 is 2.04. The van der Waals surface area contributed by atoms with Gasteiger partial charge in [-0.1, -0.05) is 0 Å². The molecule has 1 aromatic rings. The van der Waals surface area contributed by atoms with Gasteiger partial charge in [-0.15, -0.1) is 0 Å². The zero-order chi connectivity index (χ0) is 12.3. The van der Waals surface area contributed by atoms with E-state index in [1.807, 2.05) is 29.5 Å². The minimum Gasteiger partial charge on any atom is -0.314 e. The Morgan fingerprint density at radius 2 is 2.12 bits per heavy atom. The summed E-state index contributed by atoms with van der Waals surface area (Å²) in [6, 6.07) is 0. The molecule has 2 heterocycles. The Morgan fingerprint density at radius 3 is 2.82 bits per heavy atom. The van der Waals surface area contributed by atoms with Crippen molar-refractivity contribution in [2.45, 2.75) is 13.5 Å². The topological polar surface area (TPSA) is 50.2 Å². The Bertz CT molecular complexity index is 440. The third kappa shape index (κ3) is 3.26. The van der Waals surface area contributed by atoms with Gasteiger partial charge in [0.25, 0.3) is 5.56 Å². The van der Waals surface area contributed by atoms with E-state index in [0.717, 1.165) is 45.1 Å². The highest BCUT2D eigenvalue weighted by molar-refractivity contribution is 14.1. The van der Waals surface area contributed by atoms with Gasteiger partial charge in [0.15, 0.2) is 0 Å². The maximum absolute atomic E-state index is 11.9. The van der Waals surface area contributed by atoms with Crippen molar-refractivity contribution in [3.63, 3.8) is 0 Å². The van der Waals surface area contributed by atoms with E-state index in [-0.39, 0.29) is 5.56 Å². The molecular weight excluding hydrogens is 331 g/mol. The number of piperazine rings is 1. The summed E-state index contributed by atoms with van der Waals surface area (Å²) in [5.74, 6) is 0.797. The largest absolute Gasteiger partial charge is 0.314 e. The monoisotopic (exact) mass is 348 g/mol. The van der Waals surface area contributed by atoms with E-state index in [2.05, 4.69) is 15.2 Å². The van der Waals surface area contributed by atoms with E-state index < -0.39 is 0 Å². The van der Waals surface area contributed by atoms with Crippen LogP contribution in [0.25, 0.3) is 0 Å². The molecular formula is C11H17IN4O. The zero-order valence-corrected chi connectivity index (χ0v) is 12.1. The molecule has 1 saturated heterocycles. The molecule has 1 aliphatic rings. The molecule has 1 aliphatic heterocycles. The molecule has 1 N–H and O–H groups in total. The second kappa shape index (κ2) is 5.92. The summed E-state index contributed by atoms with van der Waals surface area (Å²) in [6.45, 7) is 7.74. The maximum Gasteiger partial charge on any atom is 0.266 e. The molecule has 0 amide bonds. The van der Waals surface area contributed by atoms with Gasteiger partial charge in [-0.25, -0.2) is 4.98 Å². The predicted octanol–water partition coefficient (Wildman–Crippen LogP) is 0.0615. The molecule has 0 saturated carbocycles. The second-order valence-corrected chi connectivity index (χ2v) is 5.36. The first-order chi connectivity index (χ1) is 8.18. The molecule has 2 rings (SSSR count). The molecule has 6 heteroatoms. The molecule has 0 unspecified atom stereocenters. The third-order valence-electron chi connectivity index (χ3n) is 3.05. The van der Waals surface area contributed by atoms with Crippen molar-refractivity contribution in [2.24, 2.45) is 0 Å². The number of hydrogen-bond donors (Lipinski definition) is 1. The lowest BCUT2D eigenvalue weighted by Crippen LogP contribution is -2.45. The standard InChI is InChI=1S/C11H17IN4O/c1-9-14-8-10(12)11(17)16(9)7-6-15-4-2-13-3-5-15/h8,13H,2-7H2,1H3. The maximum atomic E-state index is 11.9. The van der Waals surface area contributed by atoms with Gasteiger partial charge < -0.3 is 5.32 Å². The number of nitrogens with one attached hydrogen (secondary N) is 1. The van der Waals surface area contributed by atoms with Crippen LogP contribution in [0, 0.1) is 10.5 Å². The van der Waals surface area contributed by atoms with Crippen molar-refractivity contribution in [1.29, 1.82) is 0 Å². The summed E-state index contributed by atoms with van der Waals surface area (Å²) < 4.78 is 2.46. The van der Waals surface area contributed by atoms with Crippen LogP contribution in [0.15, 0.2) is 11.0 Å². The van der Waals surface area contributed by atoms with E-state index in [9.17, 15) is 4.79 Å². The van der Waals surface area contributed by atoms with Crippen LogP contribution in [0.5, 0.6) is 0 Å². The van der Waals surface area contributed by atoms with Crippen LogP contribution in [0.1, 0.15) is 5.82 Å².